The van der Waals surface area contributed by atoms with E-state index in [1.165, 1.54) is 31.2 Å². The summed E-state index contributed by atoms with van der Waals surface area (Å²) in [6, 6.07) is 11.1. The van der Waals surface area contributed by atoms with Crippen LogP contribution < -0.4 is 5.32 Å². The second-order valence-corrected chi connectivity index (χ2v) is 7.48. The number of carbonyl (C=O) groups is 1. The van der Waals surface area contributed by atoms with Crippen LogP contribution in [0.4, 0.5) is 0 Å². The zero-order chi connectivity index (χ0) is 15.6. The summed E-state index contributed by atoms with van der Waals surface area (Å²) in [6.45, 7) is 0.818. The Labute approximate surface area is 138 Å². The predicted octanol–water partition coefficient (Wildman–Crippen LogP) is 3.64. The van der Waals surface area contributed by atoms with E-state index in [4.69, 9.17) is 4.74 Å². The van der Waals surface area contributed by atoms with E-state index in [1.54, 1.807) is 0 Å². The fraction of sp³-hybridized carbons (Fsp3) is 0.650. The van der Waals surface area contributed by atoms with E-state index in [-0.39, 0.29) is 12.0 Å². The summed E-state index contributed by atoms with van der Waals surface area (Å²) in [6.07, 6.45) is 8.08. The molecule has 5 atom stereocenters. The Morgan fingerprint density at radius 3 is 2.57 bits per heavy atom. The normalized spacial score (nSPS) is 36.1. The van der Waals surface area contributed by atoms with Crippen LogP contribution >= 0.6 is 0 Å². The maximum atomic E-state index is 12.5. The van der Waals surface area contributed by atoms with E-state index in [9.17, 15) is 4.79 Å². The lowest BCUT2D eigenvalue weighted by molar-refractivity contribution is -0.127. The third kappa shape index (κ3) is 3.03. The predicted molar refractivity (Wildman–Crippen MR) is 90.2 cm³/mol. The molecule has 0 radical (unpaired) electrons. The maximum Gasteiger partial charge on any atom is 0.222 e. The fourth-order valence-electron chi connectivity index (χ4n) is 5.05. The van der Waals surface area contributed by atoms with Crippen LogP contribution in [0.5, 0.6) is 0 Å². The molecule has 0 aromatic heterocycles. The lowest BCUT2D eigenvalue weighted by Gasteiger charge is -2.55. The highest BCUT2D eigenvalue weighted by molar-refractivity contribution is 5.77. The van der Waals surface area contributed by atoms with Gasteiger partial charge in [0.15, 0.2) is 0 Å². The standard InChI is InChI=1S/C20H27NO2/c22-18(13-15-9-6-12-23-15)21-20-17-11-5-4-10-16(17)19(20)14-7-2-1-3-8-14/h1-3,7-8,15-17,19-20H,4-6,9-13H2,(H,21,22)/t15-,16-,17-,19-,20-/m0/s1. The van der Waals surface area contributed by atoms with Gasteiger partial charge in [0.1, 0.15) is 0 Å². The number of amides is 1. The van der Waals surface area contributed by atoms with Gasteiger partial charge < -0.3 is 10.1 Å². The molecule has 3 aliphatic rings. The minimum absolute atomic E-state index is 0.146. The highest BCUT2D eigenvalue weighted by atomic mass is 16.5. The van der Waals surface area contributed by atoms with Gasteiger partial charge in [-0.2, -0.15) is 0 Å². The van der Waals surface area contributed by atoms with Crippen molar-refractivity contribution >= 4 is 5.91 Å². The molecule has 23 heavy (non-hydrogen) atoms. The molecule has 3 fully saturated rings. The summed E-state index contributed by atoms with van der Waals surface area (Å²) >= 11 is 0. The number of hydrogen-bond donors (Lipinski definition) is 1. The highest BCUT2D eigenvalue weighted by Crippen LogP contribution is 2.54. The van der Waals surface area contributed by atoms with Crippen molar-refractivity contribution in [2.45, 2.75) is 63.0 Å². The second-order valence-electron chi connectivity index (χ2n) is 7.48. The molecule has 4 rings (SSSR count). The number of hydrogen-bond acceptors (Lipinski definition) is 2. The molecule has 1 aliphatic heterocycles. The van der Waals surface area contributed by atoms with Crippen molar-refractivity contribution in [2.75, 3.05) is 6.61 Å². The van der Waals surface area contributed by atoms with Crippen LogP contribution in [0.1, 0.15) is 56.4 Å². The van der Waals surface area contributed by atoms with Gasteiger partial charge in [0.25, 0.3) is 0 Å². The third-order valence-corrected chi connectivity index (χ3v) is 6.13. The average Bonchev–Trinajstić information content (AvgIpc) is 3.07. The molecule has 3 heteroatoms. The summed E-state index contributed by atoms with van der Waals surface area (Å²) in [4.78, 5) is 12.5. The van der Waals surface area contributed by atoms with Gasteiger partial charge >= 0.3 is 0 Å². The fourth-order valence-corrected chi connectivity index (χ4v) is 5.05. The number of rotatable bonds is 4. The van der Waals surface area contributed by atoms with Crippen LogP contribution in [0.2, 0.25) is 0 Å². The molecule has 0 spiro atoms. The molecule has 1 aromatic rings. The Morgan fingerprint density at radius 1 is 1.04 bits per heavy atom. The molecule has 1 heterocycles. The van der Waals surface area contributed by atoms with Crippen molar-refractivity contribution < 1.29 is 9.53 Å². The first-order valence-corrected chi connectivity index (χ1v) is 9.29. The van der Waals surface area contributed by atoms with Gasteiger partial charge in [-0.3, -0.25) is 4.79 Å². The van der Waals surface area contributed by atoms with Crippen molar-refractivity contribution in [2.24, 2.45) is 11.8 Å². The number of carbonyl (C=O) groups excluding carboxylic acids is 1. The van der Waals surface area contributed by atoms with Gasteiger partial charge in [-0.25, -0.2) is 0 Å². The van der Waals surface area contributed by atoms with Gasteiger partial charge in [0.05, 0.1) is 12.5 Å². The van der Waals surface area contributed by atoms with Crippen LogP contribution in [0.25, 0.3) is 0 Å². The molecule has 2 aliphatic carbocycles. The van der Waals surface area contributed by atoms with Crippen LogP contribution in [-0.4, -0.2) is 24.7 Å². The van der Waals surface area contributed by atoms with Crippen molar-refractivity contribution in [3.8, 4) is 0 Å². The van der Waals surface area contributed by atoms with Crippen molar-refractivity contribution in [1.29, 1.82) is 0 Å². The lowest BCUT2D eigenvalue weighted by atomic mass is 9.53. The molecule has 0 bridgehead atoms. The van der Waals surface area contributed by atoms with E-state index in [0.717, 1.165) is 25.4 Å². The van der Waals surface area contributed by atoms with Crippen LogP contribution in [0.15, 0.2) is 30.3 Å². The van der Waals surface area contributed by atoms with E-state index in [0.29, 0.717) is 24.3 Å². The third-order valence-electron chi connectivity index (χ3n) is 6.13. The lowest BCUT2D eigenvalue weighted by Crippen LogP contribution is -2.59. The molecular weight excluding hydrogens is 286 g/mol. The minimum Gasteiger partial charge on any atom is -0.378 e. The van der Waals surface area contributed by atoms with E-state index in [1.807, 2.05) is 0 Å². The Bertz CT molecular complexity index is 538. The highest BCUT2D eigenvalue weighted by Gasteiger charge is 2.51. The van der Waals surface area contributed by atoms with Crippen molar-refractivity contribution in [3.63, 3.8) is 0 Å². The SMILES string of the molecule is O=C(C[C@@H]1CCCO1)N[C@H]1[C@H]2CCCC[C@@H]2[C@@H]1c1ccccc1. The Kier molecular flexibility index (Phi) is 4.39. The molecule has 3 nitrogen and oxygen atoms in total. The molecule has 1 saturated heterocycles. The zero-order valence-corrected chi connectivity index (χ0v) is 13.7. The number of fused-ring (bicyclic) bond motifs is 1. The van der Waals surface area contributed by atoms with E-state index >= 15 is 0 Å². The van der Waals surface area contributed by atoms with E-state index < -0.39 is 0 Å². The number of nitrogens with one attached hydrogen (secondary N) is 1. The zero-order valence-electron chi connectivity index (χ0n) is 13.7. The quantitative estimate of drug-likeness (QED) is 0.921. The first kappa shape index (κ1) is 15.2. The largest absolute Gasteiger partial charge is 0.378 e. The molecule has 0 unspecified atom stereocenters. The number of benzene rings is 1. The Hall–Kier alpha value is -1.35. The molecule has 1 N–H and O–H groups in total. The summed E-state index contributed by atoms with van der Waals surface area (Å²) in [5.74, 6) is 2.14. The van der Waals surface area contributed by atoms with Crippen LogP contribution in [0.3, 0.4) is 0 Å². The van der Waals surface area contributed by atoms with Gasteiger partial charge in [0.2, 0.25) is 5.91 Å². The van der Waals surface area contributed by atoms with Crippen molar-refractivity contribution in [1.82, 2.24) is 5.32 Å². The average molecular weight is 313 g/mol. The van der Waals surface area contributed by atoms with Crippen molar-refractivity contribution in [3.05, 3.63) is 35.9 Å². The summed E-state index contributed by atoms with van der Waals surface area (Å²) in [5, 5.41) is 3.37. The first-order chi connectivity index (χ1) is 11.3. The minimum atomic E-state index is 0.146. The topological polar surface area (TPSA) is 38.3 Å². The summed E-state index contributed by atoms with van der Waals surface area (Å²) in [7, 11) is 0. The monoisotopic (exact) mass is 313 g/mol. The van der Waals surface area contributed by atoms with Crippen LogP contribution in [-0.2, 0) is 9.53 Å². The molecule has 1 amide bonds. The van der Waals surface area contributed by atoms with Gasteiger partial charge in [0, 0.05) is 18.6 Å². The second kappa shape index (κ2) is 6.64. The van der Waals surface area contributed by atoms with Gasteiger partial charge in [-0.05, 0) is 43.1 Å². The Balaban J connectivity index is 1.44. The van der Waals surface area contributed by atoms with E-state index in [2.05, 4.69) is 35.6 Å². The number of ether oxygens (including phenoxy) is 1. The van der Waals surface area contributed by atoms with Gasteiger partial charge in [-0.15, -0.1) is 0 Å². The Morgan fingerprint density at radius 2 is 1.83 bits per heavy atom. The van der Waals surface area contributed by atoms with Crippen LogP contribution in [0, 0.1) is 11.8 Å². The molecule has 124 valence electrons. The smallest absolute Gasteiger partial charge is 0.222 e. The molecular formula is C20H27NO2. The molecule has 1 aromatic carbocycles. The van der Waals surface area contributed by atoms with Gasteiger partial charge in [-0.1, -0.05) is 43.2 Å². The molecule has 2 saturated carbocycles. The summed E-state index contributed by atoms with van der Waals surface area (Å²) < 4.78 is 5.61. The first-order valence-electron chi connectivity index (χ1n) is 9.29. The summed E-state index contributed by atoms with van der Waals surface area (Å²) in [5.41, 5.74) is 1.40. The maximum absolute atomic E-state index is 12.5.